The molecule has 0 spiro atoms. The Morgan fingerprint density at radius 3 is 2.94 bits per heavy atom. The van der Waals surface area contributed by atoms with Crippen molar-refractivity contribution in [2.45, 2.75) is 38.3 Å². The van der Waals surface area contributed by atoms with E-state index in [1.807, 2.05) is 4.90 Å². The van der Waals surface area contributed by atoms with Gasteiger partial charge in [0.1, 0.15) is 0 Å². The lowest BCUT2D eigenvalue weighted by Gasteiger charge is -2.26. The molecule has 1 aromatic heterocycles. The molecule has 1 unspecified atom stereocenters. The van der Waals surface area contributed by atoms with Gasteiger partial charge in [0, 0.05) is 6.54 Å². The van der Waals surface area contributed by atoms with Crippen LogP contribution in [0.25, 0.3) is 0 Å². The second-order valence-electron chi connectivity index (χ2n) is 4.06. The van der Waals surface area contributed by atoms with E-state index in [1.54, 1.807) is 0 Å². The van der Waals surface area contributed by atoms with Gasteiger partial charge in [0.25, 0.3) is 0 Å². The molecule has 1 aliphatic rings. The third kappa shape index (κ3) is 2.33. The number of anilines is 1. The minimum atomic E-state index is 0.0913. The molecule has 0 radical (unpaired) electrons. The molecule has 90 valence electrons. The summed E-state index contributed by atoms with van der Waals surface area (Å²) < 4.78 is 5.43. The highest BCUT2D eigenvalue weighted by Crippen LogP contribution is 2.22. The SMILES string of the molecule is NCc1nnc(N2CCCCCC2CO)o1. The van der Waals surface area contributed by atoms with Crippen LogP contribution in [0.15, 0.2) is 4.42 Å². The predicted octanol–water partition coefficient (Wildman–Crippen LogP) is 0.270. The van der Waals surface area contributed by atoms with Crippen LogP contribution in [-0.2, 0) is 6.54 Å². The van der Waals surface area contributed by atoms with Crippen molar-refractivity contribution in [3.05, 3.63) is 5.89 Å². The second-order valence-corrected chi connectivity index (χ2v) is 4.06. The minimum Gasteiger partial charge on any atom is -0.407 e. The predicted molar refractivity (Wildman–Crippen MR) is 58.9 cm³/mol. The van der Waals surface area contributed by atoms with Crippen LogP contribution in [0.1, 0.15) is 31.6 Å². The van der Waals surface area contributed by atoms with Gasteiger partial charge in [-0.05, 0) is 12.8 Å². The first-order valence-electron chi connectivity index (χ1n) is 5.75. The normalized spacial score (nSPS) is 22.1. The molecule has 1 aliphatic heterocycles. The highest BCUT2D eigenvalue weighted by Gasteiger charge is 2.24. The summed E-state index contributed by atoms with van der Waals surface area (Å²) in [5, 5.41) is 17.2. The molecule has 1 saturated heterocycles. The summed E-state index contributed by atoms with van der Waals surface area (Å²) in [5.74, 6) is 0.441. The molecule has 0 aliphatic carbocycles. The van der Waals surface area contributed by atoms with Gasteiger partial charge in [0.05, 0.1) is 19.2 Å². The molecular weight excluding hydrogens is 208 g/mol. The van der Waals surface area contributed by atoms with Gasteiger partial charge in [-0.25, -0.2) is 0 Å². The molecular formula is C10H18N4O2. The molecule has 6 heteroatoms. The summed E-state index contributed by atoms with van der Waals surface area (Å²) in [6.07, 6.45) is 4.39. The van der Waals surface area contributed by atoms with Gasteiger partial charge in [0.15, 0.2) is 0 Å². The highest BCUT2D eigenvalue weighted by atomic mass is 16.4. The maximum absolute atomic E-state index is 9.36. The maximum atomic E-state index is 9.36. The van der Waals surface area contributed by atoms with Crippen molar-refractivity contribution < 1.29 is 9.52 Å². The van der Waals surface area contributed by atoms with Crippen LogP contribution in [0.2, 0.25) is 0 Å². The molecule has 16 heavy (non-hydrogen) atoms. The highest BCUT2D eigenvalue weighted by molar-refractivity contribution is 5.27. The summed E-state index contributed by atoms with van der Waals surface area (Å²) in [6.45, 7) is 1.24. The lowest BCUT2D eigenvalue weighted by molar-refractivity contribution is 0.250. The van der Waals surface area contributed by atoms with E-state index in [1.165, 1.54) is 6.42 Å². The number of hydrogen-bond acceptors (Lipinski definition) is 6. The fraction of sp³-hybridized carbons (Fsp3) is 0.800. The summed E-state index contributed by atoms with van der Waals surface area (Å²) in [4.78, 5) is 2.00. The molecule has 0 saturated carbocycles. The van der Waals surface area contributed by atoms with Gasteiger partial charge in [-0.1, -0.05) is 17.9 Å². The Bertz CT molecular complexity index is 328. The van der Waals surface area contributed by atoms with Crippen molar-refractivity contribution in [3.8, 4) is 0 Å². The largest absolute Gasteiger partial charge is 0.407 e. The molecule has 0 aromatic carbocycles. The summed E-state index contributed by atoms with van der Waals surface area (Å²) in [5.41, 5.74) is 5.43. The van der Waals surface area contributed by atoms with Gasteiger partial charge in [-0.15, -0.1) is 5.10 Å². The lowest BCUT2D eigenvalue weighted by atomic mass is 10.1. The maximum Gasteiger partial charge on any atom is 0.318 e. The molecule has 6 nitrogen and oxygen atoms in total. The number of aliphatic hydroxyl groups excluding tert-OH is 1. The Hall–Kier alpha value is -1.14. The molecule has 0 amide bonds. The van der Waals surface area contributed by atoms with Crippen LogP contribution >= 0.6 is 0 Å². The van der Waals surface area contributed by atoms with Crippen molar-refractivity contribution in [2.24, 2.45) is 5.73 Å². The number of rotatable bonds is 3. The molecule has 1 atom stereocenters. The van der Waals surface area contributed by atoms with Crippen molar-refractivity contribution in [1.29, 1.82) is 0 Å². The fourth-order valence-electron chi connectivity index (χ4n) is 2.06. The van der Waals surface area contributed by atoms with E-state index in [0.717, 1.165) is 25.8 Å². The van der Waals surface area contributed by atoms with Gasteiger partial charge in [-0.3, -0.25) is 0 Å². The molecule has 0 bridgehead atoms. The average Bonchev–Trinajstić information content (AvgIpc) is 2.66. The quantitative estimate of drug-likeness (QED) is 0.769. The van der Waals surface area contributed by atoms with Crippen LogP contribution in [0.4, 0.5) is 6.01 Å². The van der Waals surface area contributed by atoms with Crippen LogP contribution in [0, 0.1) is 0 Å². The smallest absolute Gasteiger partial charge is 0.318 e. The molecule has 3 N–H and O–H groups in total. The molecule has 1 aromatic rings. The van der Waals surface area contributed by atoms with E-state index in [2.05, 4.69) is 10.2 Å². The van der Waals surface area contributed by atoms with E-state index >= 15 is 0 Å². The van der Waals surface area contributed by atoms with Gasteiger partial charge >= 0.3 is 6.01 Å². The Labute approximate surface area is 94.4 Å². The van der Waals surface area contributed by atoms with Gasteiger partial charge < -0.3 is 20.2 Å². The first-order valence-corrected chi connectivity index (χ1v) is 5.75. The van der Waals surface area contributed by atoms with Crippen LogP contribution in [0.5, 0.6) is 0 Å². The number of aromatic nitrogens is 2. The lowest BCUT2D eigenvalue weighted by Crippen LogP contribution is -2.37. The number of nitrogens with two attached hydrogens (primary N) is 1. The van der Waals surface area contributed by atoms with E-state index in [9.17, 15) is 5.11 Å². The van der Waals surface area contributed by atoms with Crippen LogP contribution < -0.4 is 10.6 Å². The fourth-order valence-corrected chi connectivity index (χ4v) is 2.06. The standard InChI is InChI=1S/C10H18N4O2/c11-6-9-12-13-10(16-9)14-5-3-1-2-4-8(14)7-15/h8,15H,1-7,11H2. The van der Waals surface area contributed by atoms with Crippen molar-refractivity contribution in [2.75, 3.05) is 18.1 Å². The monoisotopic (exact) mass is 226 g/mol. The van der Waals surface area contributed by atoms with Crippen LogP contribution in [0.3, 0.4) is 0 Å². The van der Waals surface area contributed by atoms with Crippen molar-refractivity contribution >= 4 is 6.01 Å². The summed E-state index contributed by atoms with van der Waals surface area (Å²) in [7, 11) is 0. The van der Waals surface area contributed by atoms with E-state index in [4.69, 9.17) is 10.2 Å². The molecule has 1 fully saturated rings. The van der Waals surface area contributed by atoms with Crippen LogP contribution in [-0.4, -0.2) is 34.5 Å². The number of aliphatic hydroxyl groups is 1. The minimum absolute atomic E-state index is 0.0913. The van der Waals surface area contributed by atoms with Crippen molar-refractivity contribution in [1.82, 2.24) is 10.2 Å². The first-order chi connectivity index (χ1) is 7.85. The number of nitrogens with zero attached hydrogens (tertiary/aromatic N) is 3. The van der Waals surface area contributed by atoms with E-state index in [-0.39, 0.29) is 19.2 Å². The zero-order valence-corrected chi connectivity index (χ0v) is 9.30. The zero-order valence-electron chi connectivity index (χ0n) is 9.30. The Morgan fingerprint density at radius 2 is 2.25 bits per heavy atom. The van der Waals surface area contributed by atoms with Gasteiger partial charge in [0.2, 0.25) is 5.89 Å². The van der Waals surface area contributed by atoms with Gasteiger partial charge in [-0.2, -0.15) is 0 Å². The molecule has 2 heterocycles. The molecule has 2 rings (SSSR count). The third-order valence-corrected chi connectivity index (χ3v) is 2.96. The Balaban J connectivity index is 2.14. The second kappa shape index (κ2) is 5.27. The third-order valence-electron chi connectivity index (χ3n) is 2.96. The average molecular weight is 226 g/mol. The summed E-state index contributed by atoms with van der Waals surface area (Å²) in [6, 6.07) is 0.579. The van der Waals surface area contributed by atoms with E-state index in [0.29, 0.717) is 11.9 Å². The summed E-state index contributed by atoms with van der Waals surface area (Å²) >= 11 is 0. The zero-order chi connectivity index (χ0) is 11.4. The number of hydrogen-bond donors (Lipinski definition) is 2. The first kappa shape index (κ1) is 11.3. The van der Waals surface area contributed by atoms with E-state index < -0.39 is 0 Å². The van der Waals surface area contributed by atoms with Crippen molar-refractivity contribution in [3.63, 3.8) is 0 Å². The topological polar surface area (TPSA) is 88.4 Å². The Morgan fingerprint density at radius 1 is 1.38 bits per heavy atom. The Kier molecular flexibility index (Phi) is 3.74.